The van der Waals surface area contributed by atoms with Crippen LogP contribution in [0.4, 0.5) is 32.8 Å². The summed E-state index contributed by atoms with van der Waals surface area (Å²) >= 11 is 8.20. The molecule has 0 atom stereocenters. The third-order valence-corrected chi connectivity index (χ3v) is 6.12. The van der Waals surface area contributed by atoms with Gasteiger partial charge in [0.25, 0.3) is 5.69 Å². The molecule has 3 rings (SSSR count). The molecule has 0 aliphatic rings. The number of rotatable bonds is 7. The van der Waals surface area contributed by atoms with E-state index >= 15 is 4.39 Å². The molecule has 0 heterocycles. The van der Waals surface area contributed by atoms with E-state index in [0.29, 0.717) is 0 Å². The monoisotopic (exact) mass is 590 g/mol. The number of hydrogen-bond acceptors (Lipinski definition) is 7. The van der Waals surface area contributed by atoms with Crippen molar-refractivity contribution >= 4 is 78.9 Å². The number of nitrogens with one attached hydrogen (secondary N) is 2. The first-order valence-corrected chi connectivity index (χ1v) is 11.6. The predicted molar refractivity (Wildman–Crippen MR) is 127 cm³/mol. The molecule has 0 aromatic heterocycles. The lowest BCUT2D eigenvalue weighted by Gasteiger charge is -2.16. The van der Waals surface area contributed by atoms with Gasteiger partial charge in [0.05, 0.1) is 26.2 Å². The molecule has 0 fully saturated rings. The molecule has 0 spiro atoms. The molecule has 0 saturated heterocycles. The lowest BCUT2D eigenvalue weighted by molar-refractivity contribution is -0.384. The minimum Gasteiger partial charge on any atom is -0.351 e. The lowest BCUT2D eigenvalue weighted by atomic mass is 10.1. The number of nitro benzene ring substituents is 1. The van der Waals surface area contributed by atoms with Crippen LogP contribution in [0.25, 0.3) is 0 Å². The van der Waals surface area contributed by atoms with Gasteiger partial charge in [0.2, 0.25) is 10.0 Å². The standard InChI is InChI=1S/C19H13ClFIN4O5S/c20-14-7-11(22)4-5-15(14)25-18-10(9-27)6-16(26(28)29)19(17(18)21)24-12-2-1-3-13(8-12)32(23,30)31/h1-9,24-25H,(H2,23,30,31). The van der Waals surface area contributed by atoms with Crippen LogP contribution in [0.5, 0.6) is 0 Å². The van der Waals surface area contributed by atoms with Crippen LogP contribution in [0, 0.1) is 19.5 Å². The number of anilines is 4. The molecular formula is C19H13ClFIN4O5S. The second-order valence-corrected chi connectivity index (χ2v) is 9.59. The molecule has 3 aromatic carbocycles. The summed E-state index contributed by atoms with van der Waals surface area (Å²) < 4.78 is 39.5. The number of nitrogens with two attached hydrogens (primary N) is 1. The summed E-state index contributed by atoms with van der Waals surface area (Å²) in [5.41, 5.74) is -1.69. The van der Waals surface area contributed by atoms with Crippen molar-refractivity contribution in [2.75, 3.05) is 10.6 Å². The van der Waals surface area contributed by atoms with Crippen LogP contribution < -0.4 is 15.8 Å². The zero-order valence-electron chi connectivity index (χ0n) is 15.8. The minimum atomic E-state index is -4.06. The Bertz CT molecular complexity index is 1350. The van der Waals surface area contributed by atoms with E-state index in [1.54, 1.807) is 18.2 Å². The summed E-state index contributed by atoms with van der Waals surface area (Å²) in [5, 5.41) is 22.1. The number of nitrogens with zero attached hydrogens (tertiary/aromatic N) is 1. The van der Waals surface area contributed by atoms with Crippen molar-refractivity contribution in [3.63, 3.8) is 0 Å². The molecule has 0 amide bonds. The van der Waals surface area contributed by atoms with Crippen molar-refractivity contribution in [1.82, 2.24) is 0 Å². The van der Waals surface area contributed by atoms with Crippen molar-refractivity contribution in [2.24, 2.45) is 5.14 Å². The van der Waals surface area contributed by atoms with Gasteiger partial charge in [-0.2, -0.15) is 0 Å². The summed E-state index contributed by atoms with van der Waals surface area (Å²) in [7, 11) is -4.06. The van der Waals surface area contributed by atoms with E-state index in [2.05, 4.69) is 10.6 Å². The van der Waals surface area contributed by atoms with Crippen LogP contribution in [-0.2, 0) is 10.0 Å². The number of halogens is 3. The Hall–Kier alpha value is -2.81. The Balaban J connectivity index is 2.16. The van der Waals surface area contributed by atoms with E-state index in [4.69, 9.17) is 16.7 Å². The molecule has 4 N–H and O–H groups in total. The van der Waals surface area contributed by atoms with E-state index in [1.165, 1.54) is 18.2 Å². The summed E-state index contributed by atoms with van der Waals surface area (Å²) in [4.78, 5) is 21.9. The molecule has 3 aromatic rings. The van der Waals surface area contributed by atoms with Gasteiger partial charge >= 0.3 is 0 Å². The first-order valence-electron chi connectivity index (χ1n) is 8.59. The number of nitro groups is 1. The van der Waals surface area contributed by atoms with Crippen molar-refractivity contribution in [1.29, 1.82) is 0 Å². The quantitative estimate of drug-likeness (QED) is 0.153. The molecule has 9 nitrogen and oxygen atoms in total. The van der Waals surface area contributed by atoms with Crippen LogP contribution >= 0.6 is 34.2 Å². The van der Waals surface area contributed by atoms with Crippen LogP contribution in [0.2, 0.25) is 5.02 Å². The highest BCUT2D eigenvalue weighted by molar-refractivity contribution is 14.1. The van der Waals surface area contributed by atoms with Crippen LogP contribution in [-0.4, -0.2) is 19.6 Å². The maximum Gasteiger partial charge on any atom is 0.296 e. The Labute approximate surface area is 200 Å². The van der Waals surface area contributed by atoms with Gasteiger partial charge < -0.3 is 10.6 Å². The summed E-state index contributed by atoms with van der Waals surface area (Å²) in [5.74, 6) is -1.14. The molecule has 0 aliphatic carbocycles. The summed E-state index contributed by atoms with van der Waals surface area (Å²) in [6, 6.07) is 10.8. The van der Waals surface area contributed by atoms with Gasteiger partial charge in [-0.1, -0.05) is 17.7 Å². The Morgan fingerprint density at radius 3 is 2.44 bits per heavy atom. The summed E-state index contributed by atoms with van der Waals surface area (Å²) in [6.07, 6.45) is 0.268. The maximum absolute atomic E-state index is 15.5. The Morgan fingerprint density at radius 1 is 1.12 bits per heavy atom. The summed E-state index contributed by atoms with van der Waals surface area (Å²) in [6.45, 7) is 0. The highest BCUT2D eigenvalue weighted by Crippen LogP contribution is 2.39. The van der Waals surface area contributed by atoms with Gasteiger partial charge in [-0.25, -0.2) is 17.9 Å². The largest absolute Gasteiger partial charge is 0.351 e. The Morgan fingerprint density at radius 2 is 1.84 bits per heavy atom. The van der Waals surface area contributed by atoms with Gasteiger partial charge in [0, 0.05) is 20.9 Å². The first kappa shape index (κ1) is 23.8. The number of carbonyl (C=O) groups is 1. The van der Waals surface area contributed by atoms with E-state index in [-0.39, 0.29) is 38.8 Å². The highest BCUT2D eigenvalue weighted by atomic mass is 127. The predicted octanol–water partition coefficient (Wildman–Crippen LogP) is 4.94. The maximum atomic E-state index is 15.5. The third kappa shape index (κ3) is 5.15. The average Bonchev–Trinajstić information content (AvgIpc) is 2.72. The molecule has 0 aliphatic heterocycles. The smallest absolute Gasteiger partial charge is 0.296 e. The number of aldehydes is 1. The normalized spacial score (nSPS) is 11.1. The highest BCUT2D eigenvalue weighted by Gasteiger charge is 2.26. The average molecular weight is 591 g/mol. The molecule has 0 bridgehead atoms. The van der Waals surface area contributed by atoms with Crippen molar-refractivity contribution in [3.8, 4) is 0 Å². The van der Waals surface area contributed by atoms with E-state index < -0.39 is 32.1 Å². The fourth-order valence-electron chi connectivity index (χ4n) is 2.76. The number of sulfonamides is 1. The van der Waals surface area contributed by atoms with Crippen LogP contribution in [0.15, 0.2) is 53.4 Å². The van der Waals surface area contributed by atoms with E-state index in [9.17, 15) is 23.3 Å². The molecule has 0 radical (unpaired) electrons. The third-order valence-electron chi connectivity index (χ3n) is 4.22. The zero-order valence-corrected chi connectivity index (χ0v) is 19.5. The minimum absolute atomic E-state index is 0.0237. The van der Waals surface area contributed by atoms with Crippen molar-refractivity contribution in [2.45, 2.75) is 4.90 Å². The molecular weight excluding hydrogens is 578 g/mol. The number of primary sulfonamides is 1. The molecule has 13 heteroatoms. The topological polar surface area (TPSA) is 144 Å². The molecule has 0 saturated carbocycles. The van der Waals surface area contributed by atoms with Gasteiger partial charge in [0.15, 0.2) is 17.8 Å². The van der Waals surface area contributed by atoms with Crippen LogP contribution in [0.1, 0.15) is 10.4 Å². The molecule has 0 unspecified atom stereocenters. The Kier molecular flexibility index (Phi) is 6.97. The first-order chi connectivity index (χ1) is 15.0. The number of hydrogen-bond donors (Lipinski definition) is 3. The zero-order chi connectivity index (χ0) is 23.6. The number of carbonyl (C=O) groups excluding carboxylic acids is 1. The van der Waals surface area contributed by atoms with Gasteiger partial charge in [0.1, 0.15) is 0 Å². The second-order valence-electron chi connectivity index (χ2n) is 6.37. The second kappa shape index (κ2) is 9.36. The van der Waals surface area contributed by atoms with Crippen molar-refractivity contribution in [3.05, 3.63) is 78.6 Å². The van der Waals surface area contributed by atoms with Gasteiger partial charge in [-0.15, -0.1) is 0 Å². The number of benzene rings is 3. The SMILES string of the molecule is NS(=O)(=O)c1cccc(Nc2c([N+](=O)[O-])cc(C=O)c(Nc3ccc(I)cc3Cl)c2F)c1. The van der Waals surface area contributed by atoms with Gasteiger partial charge in [-0.05, 0) is 59.0 Å². The fourth-order valence-corrected chi connectivity index (χ4v) is 4.22. The van der Waals surface area contributed by atoms with Crippen LogP contribution in [0.3, 0.4) is 0 Å². The van der Waals surface area contributed by atoms with Crippen molar-refractivity contribution < 1.29 is 22.5 Å². The lowest BCUT2D eigenvalue weighted by Crippen LogP contribution is -2.12. The molecule has 32 heavy (non-hydrogen) atoms. The van der Waals surface area contributed by atoms with E-state index in [0.717, 1.165) is 15.7 Å². The molecule has 166 valence electrons. The van der Waals surface area contributed by atoms with E-state index in [1.807, 2.05) is 22.6 Å². The fraction of sp³-hybridized carbons (Fsp3) is 0. The van der Waals surface area contributed by atoms with Gasteiger partial charge in [-0.3, -0.25) is 14.9 Å².